The fourth-order valence-corrected chi connectivity index (χ4v) is 2.83. The molecule has 25 heavy (non-hydrogen) atoms. The van der Waals surface area contributed by atoms with E-state index in [1.165, 1.54) is 5.39 Å². The maximum absolute atomic E-state index is 12.4. The predicted octanol–water partition coefficient (Wildman–Crippen LogP) is 2.94. The van der Waals surface area contributed by atoms with Gasteiger partial charge in [0.2, 0.25) is 0 Å². The standard InChI is InChI=1S/C19H20N4O2/c1-12-6-7-14(23-19(20)25)10-16(12)18(24)21-9-8-13-11-22-17-5-3-2-4-15(13)17/h2-7,10-11,22H,8-9H2,1H3,(H,21,24)(H3,20,23,25). The molecule has 0 atom stereocenters. The lowest BCUT2D eigenvalue weighted by molar-refractivity contribution is 0.0953. The molecule has 0 spiro atoms. The number of aryl methyl sites for hydroxylation is 1. The van der Waals surface area contributed by atoms with Crippen molar-refractivity contribution >= 4 is 28.5 Å². The Morgan fingerprint density at radius 3 is 2.76 bits per heavy atom. The van der Waals surface area contributed by atoms with Gasteiger partial charge in [-0.25, -0.2) is 4.79 Å². The smallest absolute Gasteiger partial charge is 0.316 e. The number of para-hydroxylation sites is 1. The van der Waals surface area contributed by atoms with Crippen LogP contribution >= 0.6 is 0 Å². The molecule has 6 heteroatoms. The summed E-state index contributed by atoms with van der Waals surface area (Å²) in [6.45, 7) is 2.37. The van der Waals surface area contributed by atoms with Crippen LogP contribution in [0.5, 0.6) is 0 Å². The minimum absolute atomic E-state index is 0.175. The van der Waals surface area contributed by atoms with Gasteiger partial charge in [-0.3, -0.25) is 4.79 Å². The van der Waals surface area contributed by atoms with Crippen LogP contribution in [0.1, 0.15) is 21.5 Å². The number of anilines is 1. The number of aromatic nitrogens is 1. The Labute approximate surface area is 145 Å². The molecule has 3 rings (SSSR count). The molecule has 0 saturated heterocycles. The van der Waals surface area contributed by atoms with Crippen LogP contribution in [-0.4, -0.2) is 23.5 Å². The molecular formula is C19H20N4O2. The largest absolute Gasteiger partial charge is 0.361 e. The van der Waals surface area contributed by atoms with Gasteiger partial charge in [-0.2, -0.15) is 0 Å². The first-order valence-corrected chi connectivity index (χ1v) is 8.05. The second kappa shape index (κ2) is 7.09. The zero-order chi connectivity index (χ0) is 17.8. The third-order valence-corrected chi connectivity index (χ3v) is 4.10. The molecule has 0 bridgehead atoms. The number of H-pyrrole nitrogens is 1. The first kappa shape index (κ1) is 16.6. The van der Waals surface area contributed by atoms with Gasteiger partial charge < -0.3 is 21.4 Å². The minimum Gasteiger partial charge on any atom is -0.361 e. The van der Waals surface area contributed by atoms with E-state index in [0.717, 1.165) is 23.1 Å². The van der Waals surface area contributed by atoms with Gasteiger partial charge in [-0.05, 0) is 42.7 Å². The lowest BCUT2D eigenvalue weighted by Gasteiger charge is -2.10. The number of nitrogens with two attached hydrogens (primary N) is 1. The van der Waals surface area contributed by atoms with Gasteiger partial charge in [0.1, 0.15) is 0 Å². The van der Waals surface area contributed by atoms with Gasteiger partial charge in [0.25, 0.3) is 5.91 Å². The van der Waals surface area contributed by atoms with E-state index in [2.05, 4.69) is 21.7 Å². The van der Waals surface area contributed by atoms with Crippen LogP contribution in [0.15, 0.2) is 48.7 Å². The van der Waals surface area contributed by atoms with Crippen LogP contribution in [0.25, 0.3) is 10.9 Å². The minimum atomic E-state index is -0.658. The summed E-state index contributed by atoms with van der Waals surface area (Å²) < 4.78 is 0. The molecule has 0 fully saturated rings. The van der Waals surface area contributed by atoms with Crippen molar-refractivity contribution in [1.29, 1.82) is 0 Å². The molecule has 128 valence electrons. The van der Waals surface area contributed by atoms with E-state index in [1.54, 1.807) is 18.2 Å². The second-order valence-electron chi connectivity index (χ2n) is 5.88. The Hall–Kier alpha value is -3.28. The van der Waals surface area contributed by atoms with Gasteiger partial charge in [-0.15, -0.1) is 0 Å². The van der Waals surface area contributed by atoms with Crippen molar-refractivity contribution in [3.05, 3.63) is 65.4 Å². The summed E-state index contributed by atoms with van der Waals surface area (Å²) in [6.07, 6.45) is 2.70. The molecule has 0 saturated carbocycles. The van der Waals surface area contributed by atoms with Crippen LogP contribution in [0.4, 0.5) is 10.5 Å². The van der Waals surface area contributed by atoms with E-state index in [4.69, 9.17) is 5.73 Å². The van der Waals surface area contributed by atoms with Gasteiger partial charge in [0.15, 0.2) is 0 Å². The number of urea groups is 1. The highest BCUT2D eigenvalue weighted by molar-refractivity contribution is 5.98. The number of carbonyl (C=O) groups excluding carboxylic acids is 2. The highest BCUT2D eigenvalue weighted by atomic mass is 16.2. The summed E-state index contributed by atoms with van der Waals surface area (Å²) in [6, 6.07) is 12.5. The number of aromatic amines is 1. The van der Waals surface area contributed by atoms with Crippen molar-refractivity contribution in [1.82, 2.24) is 10.3 Å². The molecule has 1 aromatic heterocycles. The molecule has 2 aromatic carbocycles. The molecule has 3 amide bonds. The Kier molecular flexibility index (Phi) is 4.70. The Morgan fingerprint density at radius 1 is 1.16 bits per heavy atom. The lowest BCUT2D eigenvalue weighted by Crippen LogP contribution is -2.26. The van der Waals surface area contributed by atoms with Crippen LogP contribution in [-0.2, 0) is 6.42 Å². The monoisotopic (exact) mass is 336 g/mol. The van der Waals surface area contributed by atoms with Gasteiger partial charge in [-0.1, -0.05) is 24.3 Å². The zero-order valence-corrected chi connectivity index (χ0v) is 13.9. The average Bonchev–Trinajstić information content (AvgIpc) is 2.99. The zero-order valence-electron chi connectivity index (χ0n) is 13.9. The number of rotatable bonds is 5. The summed E-state index contributed by atoms with van der Waals surface area (Å²) in [5.41, 5.74) is 9.22. The highest BCUT2D eigenvalue weighted by Crippen LogP contribution is 2.18. The molecule has 6 nitrogen and oxygen atoms in total. The summed E-state index contributed by atoms with van der Waals surface area (Å²) in [4.78, 5) is 26.6. The molecule has 0 aliphatic carbocycles. The number of fused-ring (bicyclic) bond motifs is 1. The SMILES string of the molecule is Cc1ccc(NC(N)=O)cc1C(=O)NCCc1c[nH]c2ccccc12. The molecule has 1 heterocycles. The van der Waals surface area contributed by atoms with Gasteiger partial charge >= 0.3 is 6.03 Å². The van der Waals surface area contributed by atoms with Crippen molar-refractivity contribution in [2.24, 2.45) is 5.73 Å². The van der Waals surface area contributed by atoms with Crippen molar-refractivity contribution < 1.29 is 9.59 Å². The number of hydrogen-bond donors (Lipinski definition) is 4. The van der Waals surface area contributed by atoms with E-state index in [1.807, 2.05) is 31.3 Å². The molecule has 0 unspecified atom stereocenters. The lowest BCUT2D eigenvalue weighted by atomic mass is 10.1. The van der Waals surface area contributed by atoms with Gasteiger partial charge in [0, 0.05) is 34.9 Å². The first-order chi connectivity index (χ1) is 12.0. The van der Waals surface area contributed by atoms with E-state index in [9.17, 15) is 9.59 Å². The quantitative estimate of drug-likeness (QED) is 0.576. The summed E-state index contributed by atoms with van der Waals surface area (Å²) in [7, 11) is 0. The number of hydrogen-bond acceptors (Lipinski definition) is 2. The van der Waals surface area contributed by atoms with Gasteiger partial charge in [0.05, 0.1) is 0 Å². The average molecular weight is 336 g/mol. The summed E-state index contributed by atoms with van der Waals surface area (Å²) >= 11 is 0. The molecule has 0 aliphatic rings. The number of primary amides is 1. The maximum Gasteiger partial charge on any atom is 0.316 e. The number of amides is 3. The first-order valence-electron chi connectivity index (χ1n) is 8.05. The third kappa shape index (κ3) is 3.80. The summed E-state index contributed by atoms with van der Waals surface area (Å²) in [5.74, 6) is -0.175. The topological polar surface area (TPSA) is 100 Å². The highest BCUT2D eigenvalue weighted by Gasteiger charge is 2.11. The van der Waals surface area contributed by atoms with E-state index < -0.39 is 6.03 Å². The maximum atomic E-state index is 12.4. The predicted molar refractivity (Wildman–Crippen MR) is 98.7 cm³/mol. The molecule has 5 N–H and O–H groups in total. The molecule has 0 aliphatic heterocycles. The van der Waals surface area contributed by atoms with E-state index >= 15 is 0 Å². The fourth-order valence-electron chi connectivity index (χ4n) is 2.83. The van der Waals surface area contributed by atoms with Crippen molar-refractivity contribution in [2.45, 2.75) is 13.3 Å². The van der Waals surface area contributed by atoms with Crippen LogP contribution in [0.3, 0.4) is 0 Å². The second-order valence-corrected chi connectivity index (χ2v) is 5.88. The van der Waals surface area contributed by atoms with Crippen LogP contribution in [0.2, 0.25) is 0 Å². The Balaban J connectivity index is 1.65. The molecule has 0 radical (unpaired) electrons. The summed E-state index contributed by atoms with van der Waals surface area (Å²) in [5, 5.41) is 6.57. The Morgan fingerprint density at radius 2 is 1.96 bits per heavy atom. The van der Waals surface area contributed by atoms with Crippen LogP contribution in [0, 0.1) is 6.92 Å². The van der Waals surface area contributed by atoms with Crippen molar-refractivity contribution in [2.75, 3.05) is 11.9 Å². The molecule has 3 aromatic rings. The van der Waals surface area contributed by atoms with Crippen molar-refractivity contribution in [3.8, 4) is 0 Å². The normalized spacial score (nSPS) is 10.6. The van der Waals surface area contributed by atoms with E-state index in [-0.39, 0.29) is 5.91 Å². The fraction of sp³-hybridized carbons (Fsp3) is 0.158. The number of nitrogens with one attached hydrogen (secondary N) is 3. The number of benzene rings is 2. The number of carbonyl (C=O) groups is 2. The van der Waals surface area contributed by atoms with Crippen LogP contribution < -0.4 is 16.4 Å². The van der Waals surface area contributed by atoms with Crippen molar-refractivity contribution in [3.63, 3.8) is 0 Å². The third-order valence-electron chi connectivity index (χ3n) is 4.10. The van der Waals surface area contributed by atoms with E-state index in [0.29, 0.717) is 17.8 Å². The molecular weight excluding hydrogens is 316 g/mol. The Bertz CT molecular complexity index is 930.